The third-order valence-electron chi connectivity index (χ3n) is 4.93. The van der Waals surface area contributed by atoms with Gasteiger partial charge < -0.3 is 25.6 Å². The second-order valence-electron chi connectivity index (χ2n) is 7.66. The van der Waals surface area contributed by atoms with Crippen LogP contribution in [0.4, 0.5) is 17.8 Å². The first kappa shape index (κ1) is 19.4. The van der Waals surface area contributed by atoms with Gasteiger partial charge in [-0.3, -0.25) is 0 Å². The topological polar surface area (TPSA) is 115 Å². The molecule has 4 N–H and O–H groups in total. The third-order valence-corrected chi connectivity index (χ3v) is 4.93. The van der Waals surface area contributed by atoms with E-state index >= 15 is 0 Å². The minimum Gasteiger partial charge on any atom is -0.395 e. The van der Waals surface area contributed by atoms with Gasteiger partial charge in [-0.05, 0) is 38.8 Å². The highest BCUT2D eigenvalue weighted by atomic mass is 16.3. The summed E-state index contributed by atoms with van der Waals surface area (Å²) in [5, 5.41) is 15.4. The lowest BCUT2D eigenvalue weighted by atomic mass is 9.98. The zero-order chi connectivity index (χ0) is 20.2. The van der Waals surface area contributed by atoms with Crippen LogP contribution < -0.4 is 15.5 Å². The van der Waals surface area contributed by atoms with E-state index in [4.69, 9.17) is 10.1 Å². The Labute approximate surface area is 170 Å². The lowest BCUT2D eigenvalue weighted by molar-refractivity contribution is 0.311. The van der Waals surface area contributed by atoms with Crippen molar-refractivity contribution in [2.45, 2.75) is 38.6 Å². The zero-order valence-corrected chi connectivity index (χ0v) is 16.9. The van der Waals surface area contributed by atoms with Crippen molar-refractivity contribution in [3.05, 3.63) is 30.1 Å². The van der Waals surface area contributed by atoms with Crippen LogP contribution in [0.1, 0.15) is 38.4 Å². The van der Waals surface area contributed by atoms with Gasteiger partial charge in [-0.15, -0.1) is 0 Å². The van der Waals surface area contributed by atoms with E-state index in [0.29, 0.717) is 30.3 Å². The Morgan fingerprint density at radius 2 is 2.00 bits per heavy atom. The number of nitrogens with zero attached hydrogens (tertiary/aromatic N) is 5. The summed E-state index contributed by atoms with van der Waals surface area (Å²) < 4.78 is 0. The van der Waals surface area contributed by atoms with E-state index in [1.807, 2.05) is 32.0 Å². The standard InChI is InChI=1S/C20H28N8O/c1-13(2)22-19-25-18(21-9-11-29)26-20(27-19)28-10-5-6-14(12-28)17-23-15-7-3-4-8-16(15)24-17/h3-4,7-8,13-14,29H,5-6,9-12H2,1-2H3,(H,23,24)(H2,21,22,25,26,27). The molecule has 4 rings (SSSR count). The highest BCUT2D eigenvalue weighted by Gasteiger charge is 2.26. The van der Waals surface area contributed by atoms with Crippen molar-refractivity contribution >= 4 is 28.9 Å². The molecule has 0 bridgehead atoms. The van der Waals surface area contributed by atoms with E-state index in [1.54, 1.807) is 0 Å². The summed E-state index contributed by atoms with van der Waals surface area (Å²) in [5.41, 5.74) is 2.07. The highest BCUT2D eigenvalue weighted by molar-refractivity contribution is 5.74. The molecule has 1 atom stereocenters. The second kappa shape index (κ2) is 8.60. The van der Waals surface area contributed by atoms with Crippen molar-refractivity contribution in [3.63, 3.8) is 0 Å². The van der Waals surface area contributed by atoms with Gasteiger partial charge in [0.1, 0.15) is 5.82 Å². The van der Waals surface area contributed by atoms with E-state index in [9.17, 15) is 0 Å². The SMILES string of the molecule is CC(C)Nc1nc(NCCO)nc(N2CCCC(c3nc4ccccc4[nH]3)C2)n1. The Morgan fingerprint density at radius 3 is 2.79 bits per heavy atom. The zero-order valence-electron chi connectivity index (χ0n) is 16.9. The van der Waals surface area contributed by atoms with Crippen LogP contribution in [0.25, 0.3) is 11.0 Å². The van der Waals surface area contributed by atoms with Crippen LogP contribution in [0.2, 0.25) is 0 Å². The first-order chi connectivity index (χ1) is 14.1. The van der Waals surface area contributed by atoms with Crippen LogP contribution in [0.3, 0.4) is 0 Å². The number of aromatic nitrogens is 5. The van der Waals surface area contributed by atoms with Gasteiger partial charge in [0.05, 0.1) is 17.6 Å². The number of rotatable bonds is 7. The predicted octanol–water partition coefficient (Wildman–Crippen LogP) is 2.36. The Bertz CT molecular complexity index is 924. The van der Waals surface area contributed by atoms with Gasteiger partial charge in [0.25, 0.3) is 0 Å². The third kappa shape index (κ3) is 4.56. The van der Waals surface area contributed by atoms with Gasteiger partial charge in [0.15, 0.2) is 0 Å². The monoisotopic (exact) mass is 396 g/mol. The number of fused-ring (bicyclic) bond motifs is 1. The summed E-state index contributed by atoms with van der Waals surface area (Å²) in [6, 6.07) is 8.33. The number of H-pyrrole nitrogens is 1. The number of benzene rings is 1. The number of hydrogen-bond acceptors (Lipinski definition) is 8. The number of aliphatic hydroxyl groups is 1. The number of nitrogens with one attached hydrogen (secondary N) is 3. The molecule has 0 spiro atoms. The average Bonchev–Trinajstić information content (AvgIpc) is 3.16. The molecule has 1 saturated heterocycles. The maximum absolute atomic E-state index is 9.11. The summed E-state index contributed by atoms with van der Waals surface area (Å²) >= 11 is 0. The molecule has 1 fully saturated rings. The first-order valence-corrected chi connectivity index (χ1v) is 10.2. The quantitative estimate of drug-likeness (QED) is 0.481. The largest absolute Gasteiger partial charge is 0.395 e. The molecule has 154 valence electrons. The van der Waals surface area contributed by atoms with E-state index in [1.165, 1.54) is 0 Å². The van der Waals surface area contributed by atoms with Crippen molar-refractivity contribution in [2.24, 2.45) is 0 Å². The fraction of sp³-hybridized carbons (Fsp3) is 0.500. The minimum absolute atomic E-state index is 0.0196. The summed E-state index contributed by atoms with van der Waals surface area (Å²) in [7, 11) is 0. The summed E-state index contributed by atoms with van der Waals surface area (Å²) in [6.45, 7) is 6.19. The van der Waals surface area contributed by atoms with Crippen LogP contribution in [0.5, 0.6) is 0 Å². The molecule has 3 heterocycles. The van der Waals surface area contributed by atoms with Crippen molar-refractivity contribution in [1.82, 2.24) is 24.9 Å². The number of piperidine rings is 1. The Balaban J connectivity index is 1.57. The molecule has 1 aliphatic heterocycles. The molecule has 9 heteroatoms. The maximum atomic E-state index is 9.11. The van der Waals surface area contributed by atoms with Crippen molar-refractivity contribution in [3.8, 4) is 0 Å². The molecule has 29 heavy (non-hydrogen) atoms. The van der Waals surface area contributed by atoms with Crippen LogP contribution >= 0.6 is 0 Å². The molecule has 0 aliphatic carbocycles. The lowest BCUT2D eigenvalue weighted by Gasteiger charge is -2.32. The van der Waals surface area contributed by atoms with Crippen molar-refractivity contribution in [1.29, 1.82) is 0 Å². The molecule has 3 aromatic rings. The summed E-state index contributed by atoms with van der Waals surface area (Å²) in [6.07, 6.45) is 2.12. The number of aromatic amines is 1. The van der Waals surface area contributed by atoms with E-state index in [-0.39, 0.29) is 12.6 Å². The van der Waals surface area contributed by atoms with Crippen LogP contribution in [0.15, 0.2) is 24.3 Å². The fourth-order valence-electron chi connectivity index (χ4n) is 3.62. The molecule has 1 unspecified atom stereocenters. The van der Waals surface area contributed by atoms with E-state index < -0.39 is 0 Å². The van der Waals surface area contributed by atoms with Gasteiger partial charge in [-0.2, -0.15) is 15.0 Å². The number of imidazole rings is 1. The van der Waals surface area contributed by atoms with Gasteiger partial charge in [0.2, 0.25) is 17.8 Å². The highest BCUT2D eigenvalue weighted by Crippen LogP contribution is 2.29. The molecule has 2 aromatic heterocycles. The number of para-hydroxylation sites is 2. The lowest BCUT2D eigenvalue weighted by Crippen LogP contribution is -2.36. The smallest absolute Gasteiger partial charge is 0.231 e. The molecule has 0 radical (unpaired) electrons. The molecular formula is C20H28N8O. The predicted molar refractivity (Wildman–Crippen MR) is 114 cm³/mol. The summed E-state index contributed by atoms with van der Waals surface area (Å²) in [4.78, 5) is 24.1. The van der Waals surface area contributed by atoms with E-state index in [2.05, 4.69) is 41.5 Å². The Morgan fingerprint density at radius 1 is 1.17 bits per heavy atom. The van der Waals surface area contributed by atoms with Crippen molar-refractivity contribution < 1.29 is 5.11 Å². The molecule has 1 aromatic carbocycles. The van der Waals surface area contributed by atoms with Crippen LogP contribution in [0, 0.1) is 0 Å². The number of hydrogen-bond donors (Lipinski definition) is 4. The van der Waals surface area contributed by atoms with Gasteiger partial charge >= 0.3 is 0 Å². The minimum atomic E-state index is 0.0196. The van der Waals surface area contributed by atoms with Crippen LogP contribution in [-0.4, -0.2) is 62.3 Å². The molecule has 9 nitrogen and oxygen atoms in total. The van der Waals surface area contributed by atoms with Crippen LogP contribution in [-0.2, 0) is 0 Å². The van der Waals surface area contributed by atoms with Gasteiger partial charge in [-0.25, -0.2) is 4.98 Å². The Hall–Kier alpha value is -2.94. The van der Waals surface area contributed by atoms with Crippen molar-refractivity contribution in [2.75, 3.05) is 41.8 Å². The molecule has 0 saturated carbocycles. The molecule has 0 amide bonds. The molecular weight excluding hydrogens is 368 g/mol. The fourth-order valence-corrected chi connectivity index (χ4v) is 3.62. The summed E-state index contributed by atoms with van der Waals surface area (Å²) in [5.74, 6) is 2.96. The van der Waals surface area contributed by atoms with Gasteiger partial charge in [-0.1, -0.05) is 12.1 Å². The molecule has 1 aliphatic rings. The van der Waals surface area contributed by atoms with E-state index in [0.717, 1.165) is 42.8 Å². The number of anilines is 3. The van der Waals surface area contributed by atoms with Gasteiger partial charge in [0, 0.05) is 31.6 Å². The second-order valence-corrected chi connectivity index (χ2v) is 7.66. The Kier molecular flexibility index (Phi) is 5.75. The maximum Gasteiger partial charge on any atom is 0.231 e. The first-order valence-electron chi connectivity index (χ1n) is 10.2. The normalized spacial score (nSPS) is 17.1. The number of aliphatic hydroxyl groups excluding tert-OH is 1. The average molecular weight is 396 g/mol.